The summed E-state index contributed by atoms with van der Waals surface area (Å²) in [6.45, 7) is 20.8. The van der Waals surface area contributed by atoms with Crippen molar-refractivity contribution < 1.29 is 23.9 Å². The number of nitrogens with zero attached hydrogens (tertiary/aromatic N) is 1. The maximum atomic E-state index is 12.8. The van der Waals surface area contributed by atoms with Gasteiger partial charge in [0.25, 0.3) is 11.8 Å². The van der Waals surface area contributed by atoms with Gasteiger partial charge in [-0.25, -0.2) is 4.79 Å². The second kappa shape index (κ2) is 14.6. The van der Waals surface area contributed by atoms with E-state index in [0.29, 0.717) is 30.4 Å². The molecule has 210 valence electrons. The molecule has 3 amide bonds. The van der Waals surface area contributed by atoms with Crippen LogP contribution in [-0.2, 0) is 19.1 Å². The molecule has 0 bridgehead atoms. The Morgan fingerprint density at radius 2 is 1.76 bits per heavy atom. The number of amides is 3. The number of imide groups is 1. The number of rotatable bonds is 9. The Morgan fingerprint density at radius 1 is 1.11 bits per heavy atom. The average Bonchev–Trinajstić information content (AvgIpc) is 2.93. The first kappa shape index (κ1) is 32.7. The van der Waals surface area contributed by atoms with Crippen LogP contribution >= 0.6 is 0 Å². The summed E-state index contributed by atoms with van der Waals surface area (Å²) < 4.78 is 11.4. The Bertz CT molecular complexity index is 1030. The highest BCUT2D eigenvalue weighted by atomic mass is 16.6. The van der Waals surface area contributed by atoms with E-state index in [1.54, 1.807) is 45.9 Å². The van der Waals surface area contributed by atoms with E-state index in [9.17, 15) is 14.4 Å². The molecule has 2 rings (SSSR count). The van der Waals surface area contributed by atoms with Crippen molar-refractivity contribution in [2.45, 2.75) is 98.8 Å². The summed E-state index contributed by atoms with van der Waals surface area (Å²) in [7, 11) is 0. The van der Waals surface area contributed by atoms with E-state index >= 15 is 0 Å². The van der Waals surface area contributed by atoms with Crippen molar-refractivity contribution in [2.24, 2.45) is 0 Å². The molecule has 7 nitrogen and oxygen atoms in total. The molecule has 2 aliphatic rings. The summed E-state index contributed by atoms with van der Waals surface area (Å²) in [6.07, 6.45) is 13.8. The lowest BCUT2D eigenvalue weighted by Crippen LogP contribution is -2.42. The maximum absolute atomic E-state index is 12.8. The molecule has 0 aromatic heterocycles. The van der Waals surface area contributed by atoms with Gasteiger partial charge in [0.05, 0.1) is 0 Å². The van der Waals surface area contributed by atoms with E-state index in [-0.39, 0.29) is 30.0 Å². The zero-order valence-electron chi connectivity index (χ0n) is 24.6. The fourth-order valence-corrected chi connectivity index (χ4v) is 3.80. The minimum absolute atomic E-state index is 0.179. The van der Waals surface area contributed by atoms with Crippen molar-refractivity contribution in [2.75, 3.05) is 6.54 Å². The van der Waals surface area contributed by atoms with Gasteiger partial charge in [0.2, 0.25) is 0 Å². The van der Waals surface area contributed by atoms with Crippen molar-refractivity contribution in [3.05, 3.63) is 71.6 Å². The van der Waals surface area contributed by atoms with Gasteiger partial charge in [-0.2, -0.15) is 0 Å². The molecular formula is C31H46N2O5. The van der Waals surface area contributed by atoms with E-state index in [1.165, 1.54) is 4.90 Å². The lowest BCUT2D eigenvalue weighted by Gasteiger charge is -2.25. The predicted molar refractivity (Wildman–Crippen MR) is 153 cm³/mol. The van der Waals surface area contributed by atoms with Crippen LogP contribution in [0, 0.1) is 0 Å². The van der Waals surface area contributed by atoms with Crippen LogP contribution < -0.4 is 5.32 Å². The smallest absolute Gasteiger partial charge is 0.407 e. The van der Waals surface area contributed by atoms with E-state index in [1.807, 2.05) is 58.9 Å². The Hall–Kier alpha value is -3.35. The number of alkyl carbamates (subject to hydrolysis) is 1. The lowest BCUT2D eigenvalue weighted by atomic mass is 10.0. The first-order chi connectivity index (χ1) is 17.7. The van der Waals surface area contributed by atoms with E-state index in [4.69, 9.17) is 9.47 Å². The van der Waals surface area contributed by atoms with E-state index in [0.717, 1.165) is 11.3 Å². The van der Waals surface area contributed by atoms with Gasteiger partial charge in [0, 0.05) is 23.7 Å². The van der Waals surface area contributed by atoms with Crippen LogP contribution in [0.2, 0.25) is 0 Å². The molecule has 1 heterocycles. The van der Waals surface area contributed by atoms with Crippen molar-refractivity contribution in [3.63, 3.8) is 0 Å². The molecule has 0 saturated carbocycles. The van der Waals surface area contributed by atoms with Crippen LogP contribution in [0.15, 0.2) is 71.6 Å². The third-order valence-corrected chi connectivity index (χ3v) is 5.34. The summed E-state index contributed by atoms with van der Waals surface area (Å²) in [5, 5.41) is 2.93. The zero-order chi connectivity index (χ0) is 29.1. The van der Waals surface area contributed by atoms with Crippen LogP contribution in [0.25, 0.3) is 0 Å². The molecule has 0 aromatic carbocycles. The molecule has 1 aliphatic heterocycles. The number of allylic oxidation sites excluding steroid dienone is 6. The van der Waals surface area contributed by atoms with Gasteiger partial charge in [-0.05, 0) is 86.0 Å². The summed E-state index contributed by atoms with van der Waals surface area (Å²) in [5.74, 6) is 0.113. The fourth-order valence-electron chi connectivity index (χ4n) is 3.80. The van der Waals surface area contributed by atoms with E-state index < -0.39 is 11.7 Å². The van der Waals surface area contributed by atoms with Crippen LogP contribution in [0.4, 0.5) is 4.79 Å². The van der Waals surface area contributed by atoms with Crippen molar-refractivity contribution in [1.82, 2.24) is 10.2 Å². The molecule has 1 unspecified atom stereocenters. The topological polar surface area (TPSA) is 84.9 Å². The third kappa shape index (κ3) is 11.0. The molecule has 1 aliphatic carbocycles. The van der Waals surface area contributed by atoms with Gasteiger partial charge in [0.15, 0.2) is 0 Å². The van der Waals surface area contributed by atoms with Gasteiger partial charge in [-0.1, -0.05) is 50.3 Å². The molecule has 0 fully saturated rings. The second-order valence-electron chi connectivity index (χ2n) is 10.9. The van der Waals surface area contributed by atoms with Gasteiger partial charge in [0.1, 0.15) is 17.0 Å². The zero-order valence-corrected chi connectivity index (χ0v) is 24.6. The molecule has 38 heavy (non-hydrogen) atoms. The Balaban J connectivity index is 0.00000352. The summed E-state index contributed by atoms with van der Waals surface area (Å²) in [5.41, 5.74) is 0.904. The first-order valence-electron chi connectivity index (χ1n) is 13.3. The van der Waals surface area contributed by atoms with Gasteiger partial charge >= 0.3 is 6.09 Å². The maximum Gasteiger partial charge on any atom is 0.407 e. The standard InChI is InChI=1S/C29H40N2O5.C2H6/c1-9-10-14-24-20(2)25(32)31(26(24)33)18-17-22(30-27(34)36-29(6,7)8)19-21-12-11-13-23(16-15-21)35-28(3,4)5;1-2/h9-11,13-16,22H,1,12,17-19H2,2-8H3,(H,30,34);1-2H3/b14-10-;. The number of carbonyl (C=O) groups excluding carboxylic acids is 3. The molecule has 0 aromatic rings. The average molecular weight is 527 g/mol. The summed E-state index contributed by atoms with van der Waals surface area (Å²) >= 11 is 0. The lowest BCUT2D eigenvalue weighted by molar-refractivity contribution is -0.137. The molecule has 7 heteroatoms. The molecule has 1 atom stereocenters. The van der Waals surface area contributed by atoms with Crippen molar-refractivity contribution in [1.29, 1.82) is 0 Å². The SMILES string of the molecule is C=C/C=C\C1=C(C)C(=O)N(CCC(CC2=CC=C(OC(C)(C)C)C=CC2)NC(=O)OC(C)(C)C)C1=O.CC. The molecule has 0 radical (unpaired) electrons. The van der Waals surface area contributed by atoms with Crippen LogP contribution in [0.5, 0.6) is 0 Å². The van der Waals surface area contributed by atoms with Crippen LogP contribution in [-0.4, -0.2) is 46.6 Å². The fraction of sp³-hybridized carbons (Fsp3) is 0.516. The highest BCUT2D eigenvalue weighted by Gasteiger charge is 2.34. The highest BCUT2D eigenvalue weighted by molar-refractivity contribution is 6.20. The Morgan fingerprint density at radius 3 is 2.34 bits per heavy atom. The van der Waals surface area contributed by atoms with E-state index in [2.05, 4.69) is 11.9 Å². The van der Waals surface area contributed by atoms with Crippen LogP contribution in [0.1, 0.15) is 81.6 Å². The molecular weight excluding hydrogens is 480 g/mol. The number of carbonyl (C=O) groups is 3. The number of hydrogen-bond acceptors (Lipinski definition) is 5. The summed E-state index contributed by atoms with van der Waals surface area (Å²) in [6, 6.07) is -0.341. The number of ether oxygens (including phenoxy) is 2. The Kier molecular flexibility index (Phi) is 12.5. The predicted octanol–water partition coefficient (Wildman–Crippen LogP) is 6.70. The highest BCUT2D eigenvalue weighted by Crippen LogP contribution is 2.24. The number of nitrogens with one attached hydrogen (secondary N) is 1. The van der Waals surface area contributed by atoms with Gasteiger partial charge < -0.3 is 14.8 Å². The quantitative estimate of drug-likeness (QED) is 0.267. The van der Waals surface area contributed by atoms with Gasteiger partial charge in [-0.15, -0.1) is 0 Å². The second-order valence-corrected chi connectivity index (χ2v) is 10.9. The Labute approximate surface area is 229 Å². The van der Waals surface area contributed by atoms with Crippen molar-refractivity contribution in [3.8, 4) is 0 Å². The molecule has 0 saturated heterocycles. The summed E-state index contributed by atoms with van der Waals surface area (Å²) in [4.78, 5) is 39.4. The molecule has 1 N–H and O–H groups in total. The largest absolute Gasteiger partial charge is 0.488 e. The first-order valence-corrected chi connectivity index (χ1v) is 13.3. The van der Waals surface area contributed by atoms with Crippen LogP contribution in [0.3, 0.4) is 0 Å². The number of hydrogen-bond donors (Lipinski definition) is 1. The van der Waals surface area contributed by atoms with Crippen molar-refractivity contribution >= 4 is 17.9 Å². The third-order valence-electron chi connectivity index (χ3n) is 5.34. The minimum Gasteiger partial charge on any atom is -0.488 e. The molecule has 0 spiro atoms. The monoisotopic (exact) mass is 526 g/mol. The normalized spacial score (nSPS) is 16.9. The minimum atomic E-state index is -0.644. The van der Waals surface area contributed by atoms with Gasteiger partial charge in [-0.3, -0.25) is 14.5 Å².